The monoisotopic (exact) mass is 449 g/mol. The number of aromatic nitrogens is 8. The van der Waals surface area contributed by atoms with Crippen molar-refractivity contribution in [3.8, 4) is 11.4 Å². The lowest BCUT2D eigenvalue weighted by molar-refractivity contribution is 0.289. The topological polar surface area (TPSA) is 99.7 Å². The van der Waals surface area contributed by atoms with E-state index in [0.717, 1.165) is 49.4 Å². The number of nitrogens with zero attached hydrogens (tertiary/aromatic N) is 9. The Morgan fingerprint density at radius 2 is 1.91 bits per heavy atom. The maximum Gasteiger partial charge on any atom is 0.225 e. The van der Waals surface area contributed by atoms with Crippen LogP contribution < -0.4 is 9.64 Å². The number of halogens is 1. The number of hydrogen-bond acceptors (Lipinski definition) is 8. The van der Waals surface area contributed by atoms with Crippen molar-refractivity contribution in [1.82, 2.24) is 40.0 Å². The summed E-state index contributed by atoms with van der Waals surface area (Å²) in [5.41, 5.74) is 2.55. The summed E-state index contributed by atoms with van der Waals surface area (Å²) in [5.74, 6) is 0.479. The van der Waals surface area contributed by atoms with E-state index in [0.29, 0.717) is 11.7 Å². The van der Waals surface area contributed by atoms with Gasteiger partial charge in [0.2, 0.25) is 5.95 Å². The summed E-state index contributed by atoms with van der Waals surface area (Å²) in [5, 5.41) is 15.4. The van der Waals surface area contributed by atoms with Crippen LogP contribution in [0.2, 0.25) is 0 Å². The fourth-order valence-electron chi connectivity index (χ4n) is 3.87. The molecule has 4 heterocycles. The van der Waals surface area contributed by atoms with Crippen LogP contribution in [0, 0.1) is 5.82 Å². The Morgan fingerprint density at radius 1 is 1.09 bits per heavy atom. The largest absolute Gasteiger partial charge is 0.486 e. The summed E-state index contributed by atoms with van der Waals surface area (Å²) >= 11 is 0. The Bertz CT molecular complexity index is 1190. The van der Waals surface area contributed by atoms with Gasteiger partial charge in [0, 0.05) is 43.3 Å². The van der Waals surface area contributed by atoms with Gasteiger partial charge in [-0.2, -0.15) is 5.10 Å². The molecule has 1 fully saturated rings. The van der Waals surface area contributed by atoms with Crippen LogP contribution in [0.15, 0.2) is 49.3 Å². The fraction of sp³-hybridized carbons (Fsp3) is 0.364. The molecule has 1 aliphatic heterocycles. The molecule has 33 heavy (non-hydrogen) atoms. The highest BCUT2D eigenvalue weighted by Crippen LogP contribution is 2.25. The molecule has 1 aromatic carbocycles. The lowest BCUT2D eigenvalue weighted by Gasteiger charge is -2.32. The van der Waals surface area contributed by atoms with Crippen molar-refractivity contribution in [2.75, 3.05) is 18.0 Å². The second-order valence-electron chi connectivity index (χ2n) is 7.95. The molecule has 0 atom stereocenters. The van der Waals surface area contributed by atoms with Crippen LogP contribution in [-0.2, 0) is 13.0 Å². The Morgan fingerprint density at radius 3 is 2.61 bits per heavy atom. The molecule has 170 valence electrons. The fourth-order valence-corrected chi connectivity index (χ4v) is 3.87. The lowest BCUT2D eigenvalue weighted by Crippen LogP contribution is -2.35. The molecule has 3 aromatic heterocycles. The number of rotatable bonds is 7. The molecule has 1 saturated heterocycles. The van der Waals surface area contributed by atoms with Crippen molar-refractivity contribution in [1.29, 1.82) is 0 Å². The first-order chi connectivity index (χ1) is 16.2. The van der Waals surface area contributed by atoms with E-state index >= 15 is 0 Å². The third-order valence-corrected chi connectivity index (χ3v) is 5.80. The number of tetrazole rings is 1. The van der Waals surface area contributed by atoms with Crippen LogP contribution in [0.25, 0.3) is 5.69 Å². The van der Waals surface area contributed by atoms with Crippen LogP contribution in [0.5, 0.6) is 5.75 Å². The number of ether oxygens (including phenoxy) is 1. The summed E-state index contributed by atoms with van der Waals surface area (Å²) in [6.07, 6.45) is 11.8. The van der Waals surface area contributed by atoms with Crippen molar-refractivity contribution < 1.29 is 9.13 Å². The van der Waals surface area contributed by atoms with Crippen LogP contribution in [0.1, 0.15) is 36.9 Å². The Hall–Kier alpha value is -3.89. The van der Waals surface area contributed by atoms with E-state index in [9.17, 15) is 4.39 Å². The number of benzene rings is 1. The van der Waals surface area contributed by atoms with Crippen LogP contribution in [0.3, 0.4) is 0 Å². The second kappa shape index (κ2) is 9.31. The first-order valence-corrected chi connectivity index (χ1v) is 10.9. The third-order valence-electron chi connectivity index (χ3n) is 5.80. The number of aryl methyl sites for hydroxylation is 1. The minimum atomic E-state index is -0.475. The normalized spacial score (nSPS) is 14.5. The molecule has 0 N–H and O–H groups in total. The molecule has 0 saturated carbocycles. The number of hydrogen-bond donors (Lipinski definition) is 0. The maximum atomic E-state index is 14.4. The van der Waals surface area contributed by atoms with Gasteiger partial charge in [0.25, 0.3) is 0 Å². The second-order valence-corrected chi connectivity index (χ2v) is 7.95. The van der Waals surface area contributed by atoms with E-state index in [1.165, 1.54) is 17.1 Å². The number of piperidine rings is 1. The maximum absolute atomic E-state index is 14.4. The van der Waals surface area contributed by atoms with Gasteiger partial charge in [-0.1, -0.05) is 6.92 Å². The van der Waals surface area contributed by atoms with Crippen LogP contribution in [0.4, 0.5) is 10.3 Å². The van der Waals surface area contributed by atoms with Gasteiger partial charge in [0.15, 0.2) is 11.6 Å². The van der Waals surface area contributed by atoms with E-state index in [4.69, 9.17) is 4.74 Å². The highest BCUT2D eigenvalue weighted by molar-refractivity contribution is 5.37. The van der Waals surface area contributed by atoms with Gasteiger partial charge in [-0.25, -0.2) is 19.0 Å². The molecule has 0 spiro atoms. The minimum Gasteiger partial charge on any atom is -0.486 e. The van der Waals surface area contributed by atoms with E-state index in [1.807, 2.05) is 23.3 Å². The molecule has 10 nitrogen and oxygen atoms in total. The lowest BCUT2D eigenvalue weighted by atomic mass is 10.1. The van der Waals surface area contributed by atoms with Gasteiger partial charge in [-0.3, -0.25) is 4.68 Å². The van der Waals surface area contributed by atoms with Gasteiger partial charge in [-0.15, -0.1) is 5.10 Å². The van der Waals surface area contributed by atoms with Crippen molar-refractivity contribution in [2.24, 2.45) is 0 Å². The molecule has 5 rings (SSSR count). The predicted octanol–water partition coefficient (Wildman–Crippen LogP) is 2.77. The molecule has 4 aromatic rings. The average Bonchev–Trinajstić information content (AvgIpc) is 3.56. The molecule has 0 unspecified atom stereocenters. The Balaban J connectivity index is 1.16. The highest BCUT2D eigenvalue weighted by atomic mass is 19.1. The molecule has 0 bridgehead atoms. The zero-order valence-corrected chi connectivity index (χ0v) is 18.2. The summed E-state index contributed by atoms with van der Waals surface area (Å²) in [6.45, 7) is 4.08. The summed E-state index contributed by atoms with van der Waals surface area (Å²) in [4.78, 5) is 11.2. The minimum absolute atomic E-state index is 0.168. The zero-order valence-electron chi connectivity index (χ0n) is 18.2. The highest BCUT2D eigenvalue weighted by Gasteiger charge is 2.23. The first-order valence-electron chi connectivity index (χ1n) is 10.9. The van der Waals surface area contributed by atoms with Crippen LogP contribution >= 0.6 is 0 Å². The van der Waals surface area contributed by atoms with Crippen molar-refractivity contribution >= 4 is 5.95 Å². The smallest absolute Gasteiger partial charge is 0.225 e. The Labute approximate surface area is 190 Å². The van der Waals surface area contributed by atoms with E-state index in [2.05, 4.69) is 42.4 Å². The van der Waals surface area contributed by atoms with Gasteiger partial charge in [-0.05, 0) is 47.4 Å². The predicted molar refractivity (Wildman–Crippen MR) is 118 cm³/mol. The molecule has 0 amide bonds. The molecular weight excluding hydrogens is 425 g/mol. The Kier molecular flexibility index (Phi) is 5.92. The van der Waals surface area contributed by atoms with Gasteiger partial charge >= 0.3 is 0 Å². The quantitative estimate of drug-likeness (QED) is 0.425. The van der Waals surface area contributed by atoms with Gasteiger partial charge in [0.05, 0.1) is 17.9 Å². The SMILES string of the molecule is CCc1cnc(N2CCC(n3cc(COc4ccc(-n5cnnn5)cc4F)cn3)CC2)nc1. The molecular formula is C22H24FN9O. The van der Waals surface area contributed by atoms with Crippen molar-refractivity contribution in [2.45, 2.75) is 38.8 Å². The first kappa shape index (κ1) is 21.0. The summed E-state index contributed by atoms with van der Waals surface area (Å²) < 4.78 is 23.5. The molecule has 1 aliphatic rings. The molecule has 0 aliphatic carbocycles. The molecule has 11 heteroatoms. The third kappa shape index (κ3) is 4.66. The van der Waals surface area contributed by atoms with Gasteiger partial charge < -0.3 is 9.64 Å². The molecule has 0 radical (unpaired) electrons. The number of anilines is 1. The van der Waals surface area contributed by atoms with Crippen molar-refractivity contribution in [3.05, 3.63) is 66.3 Å². The standard InChI is InChI=1S/C22H24FN9O/c1-2-16-10-24-22(25-11-16)30-7-5-18(6-8-30)31-13-17(12-27-31)14-33-21-4-3-19(9-20(21)23)32-15-26-28-29-32/h3-4,9-13,15,18H,2,5-8,14H2,1H3. The summed E-state index contributed by atoms with van der Waals surface area (Å²) in [6, 6.07) is 4.91. The van der Waals surface area contributed by atoms with E-state index < -0.39 is 5.82 Å². The average molecular weight is 449 g/mol. The van der Waals surface area contributed by atoms with Crippen LogP contribution in [-0.4, -0.2) is 53.0 Å². The van der Waals surface area contributed by atoms with E-state index in [1.54, 1.807) is 18.3 Å². The van der Waals surface area contributed by atoms with E-state index in [-0.39, 0.29) is 12.4 Å². The zero-order chi connectivity index (χ0) is 22.6. The van der Waals surface area contributed by atoms with Crippen molar-refractivity contribution in [3.63, 3.8) is 0 Å². The summed E-state index contributed by atoms with van der Waals surface area (Å²) in [7, 11) is 0. The van der Waals surface area contributed by atoms with Gasteiger partial charge in [0.1, 0.15) is 12.9 Å².